The Balaban J connectivity index is 2.68. The maximum Gasteiger partial charge on any atom is 0.408 e. The van der Waals surface area contributed by atoms with Gasteiger partial charge in [-0.1, -0.05) is 0 Å². The quantitative estimate of drug-likeness (QED) is 0.667. The van der Waals surface area contributed by atoms with Gasteiger partial charge in [0.1, 0.15) is 5.60 Å². The van der Waals surface area contributed by atoms with E-state index in [0.29, 0.717) is 0 Å². The number of rotatable bonds is 3. The maximum absolute atomic E-state index is 11.7. The number of aliphatic hydroxyl groups excluding tert-OH is 2. The van der Waals surface area contributed by atoms with Crippen molar-refractivity contribution in [3.05, 3.63) is 11.1 Å². The number of carbonyl (C=O) groups is 1. The average Bonchev–Trinajstić information content (AvgIpc) is 2.25. The Kier molecular flexibility index (Phi) is 5.16. The van der Waals surface area contributed by atoms with Gasteiger partial charge in [-0.2, -0.15) is 0 Å². The molecule has 0 saturated carbocycles. The largest absolute Gasteiger partial charge is 0.444 e. The molecule has 5 heteroatoms. The van der Waals surface area contributed by atoms with Gasteiger partial charge in [0.2, 0.25) is 0 Å². The summed E-state index contributed by atoms with van der Waals surface area (Å²) in [5, 5.41) is 21.3. The van der Waals surface area contributed by atoms with Gasteiger partial charge in [-0.15, -0.1) is 0 Å². The highest BCUT2D eigenvalue weighted by Crippen LogP contribution is 2.25. The monoisotopic (exact) mass is 257 g/mol. The molecule has 0 spiro atoms. The van der Waals surface area contributed by atoms with Crippen LogP contribution in [0, 0.1) is 0 Å². The minimum absolute atomic E-state index is 0.0671. The third-order valence-corrected chi connectivity index (χ3v) is 2.90. The highest BCUT2D eigenvalue weighted by atomic mass is 16.6. The Morgan fingerprint density at radius 2 is 2.06 bits per heavy atom. The van der Waals surface area contributed by atoms with Crippen LogP contribution in [0.2, 0.25) is 0 Å². The summed E-state index contributed by atoms with van der Waals surface area (Å²) in [5.41, 5.74) is 1.00. The van der Waals surface area contributed by atoms with Crippen molar-refractivity contribution in [2.75, 3.05) is 13.2 Å². The summed E-state index contributed by atoms with van der Waals surface area (Å²) in [7, 11) is 0. The first kappa shape index (κ1) is 15.0. The molecule has 0 heterocycles. The van der Waals surface area contributed by atoms with Gasteiger partial charge in [0, 0.05) is 0 Å². The number of aliphatic hydroxyl groups is 2. The molecule has 0 aromatic carbocycles. The van der Waals surface area contributed by atoms with Crippen molar-refractivity contribution in [3.63, 3.8) is 0 Å². The molecule has 1 aliphatic rings. The zero-order chi connectivity index (χ0) is 13.8. The molecule has 0 fully saturated rings. The molecule has 0 saturated heterocycles. The molecule has 1 aliphatic carbocycles. The fourth-order valence-corrected chi connectivity index (χ4v) is 2.11. The van der Waals surface area contributed by atoms with Crippen LogP contribution in [-0.2, 0) is 4.74 Å². The van der Waals surface area contributed by atoms with Crippen LogP contribution in [0.1, 0.15) is 40.0 Å². The molecule has 1 unspecified atom stereocenters. The summed E-state index contributed by atoms with van der Waals surface area (Å²) in [6.45, 7) is 5.19. The van der Waals surface area contributed by atoms with Gasteiger partial charge < -0.3 is 20.3 Å². The Morgan fingerprint density at radius 1 is 1.39 bits per heavy atom. The predicted octanol–water partition coefficient (Wildman–Crippen LogP) is 1.34. The molecule has 3 N–H and O–H groups in total. The molecule has 1 atom stereocenters. The normalized spacial score (nSPS) is 20.8. The summed E-state index contributed by atoms with van der Waals surface area (Å²) in [4.78, 5) is 11.7. The van der Waals surface area contributed by atoms with Crippen LogP contribution in [0.5, 0.6) is 0 Å². The molecule has 1 amide bonds. The predicted molar refractivity (Wildman–Crippen MR) is 68.2 cm³/mol. The topological polar surface area (TPSA) is 78.8 Å². The smallest absolute Gasteiger partial charge is 0.408 e. The van der Waals surface area contributed by atoms with Crippen LogP contribution >= 0.6 is 0 Å². The molecular weight excluding hydrogens is 234 g/mol. The summed E-state index contributed by atoms with van der Waals surface area (Å²) in [5.74, 6) is 0. The van der Waals surface area contributed by atoms with Gasteiger partial charge in [-0.3, -0.25) is 0 Å². The van der Waals surface area contributed by atoms with E-state index in [1.165, 1.54) is 0 Å². The number of ether oxygens (including phenoxy) is 1. The van der Waals surface area contributed by atoms with E-state index < -0.39 is 11.7 Å². The van der Waals surface area contributed by atoms with Crippen LogP contribution in [0.15, 0.2) is 11.1 Å². The lowest BCUT2D eigenvalue weighted by atomic mass is 9.88. The van der Waals surface area contributed by atoms with Crippen molar-refractivity contribution >= 4 is 6.09 Å². The lowest BCUT2D eigenvalue weighted by Crippen LogP contribution is -2.42. The third kappa shape index (κ3) is 4.31. The van der Waals surface area contributed by atoms with Crippen molar-refractivity contribution in [1.82, 2.24) is 5.32 Å². The standard InChI is InChI=1S/C13H23NO4/c1-13(2,3)18-12(17)14-11-6-4-5-9(7-15)10(11)8-16/h11,15-16H,4-8H2,1-3H3,(H,14,17). The van der Waals surface area contributed by atoms with Crippen molar-refractivity contribution in [3.8, 4) is 0 Å². The number of carbonyl (C=O) groups excluding carboxylic acids is 1. The van der Waals surface area contributed by atoms with E-state index >= 15 is 0 Å². The van der Waals surface area contributed by atoms with Crippen LogP contribution in [-0.4, -0.2) is 41.2 Å². The van der Waals surface area contributed by atoms with E-state index in [0.717, 1.165) is 30.4 Å². The number of hydrogen-bond donors (Lipinski definition) is 3. The number of amides is 1. The second-order valence-corrected chi connectivity index (χ2v) is 5.54. The second kappa shape index (κ2) is 6.20. The van der Waals surface area contributed by atoms with E-state index in [9.17, 15) is 15.0 Å². The summed E-state index contributed by atoms with van der Waals surface area (Å²) in [6, 6.07) is -0.235. The molecule has 0 aliphatic heterocycles. The zero-order valence-electron chi connectivity index (χ0n) is 11.3. The fraction of sp³-hybridized carbons (Fsp3) is 0.769. The van der Waals surface area contributed by atoms with Crippen LogP contribution in [0.25, 0.3) is 0 Å². The van der Waals surface area contributed by atoms with Crippen LogP contribution in [0.4, 0.5) is 4.79 Å². The zero-order valence-corrected chi connectivity index (χ0v) is 11.3. The minimum Gasteiger partial charge on any atom is -0.444 e. The Hall–Kier alpha value is -1.07. The van der Waals surface area contributed by atoms with Crippen molar-refractivity contribution in [2.45, 2.75) is 51.7 Å². The van der Waals surface area contributed by atoms with Gasteiger partial charge in [-0.25, -0.2) is 4.79 Å². The van der Waals surface area contributed by atoms with Crippen molar-refractivity contribution in [1.29, 1.82) is 0 Å². The second-order valence-electron chi connectivity index (χ2n) is 5.54. The Bertz CT molecular complexity index is 330. The molecule has 5 nitrogen and oxygen atoms in total. The first-order chi connectivity index (χ1) is 8.37. The van der Waals surface area contributed by atoms with Gasteiger partial charge in [-0.05, 0) is 51.2 Å². The molecule has 1 rings (SSSR count). The molecule has 0 aromatic rings. The molecule has 0 radical (unpaired) electrons. The average molecular weight is 257 g/mol. The first-order valence-corrected chi connectivity index (χ1v) is 6.29. The lowest BCUT2D eigenvalue weighted by Gasteiger charge is -2.29. The van der Waals surface area contributed by atoms with E-state index in [1.54, 1.807) is 20.8 Å². The maximum atomic E-state index is 11.7. The van der Waals surface area contributed by atoms with Crippen LogP contribution < -0.4 is 5.32 Å². The van der Waals surface area contributed by atoms with E-state index in [1.807, 2.05) is 0 Å². The highest BCUT2D eigenvalue weighted by Gasteiger charge is 2.25. The molecular formula is C13H23NO4. The molecule has 0 bridgehead atoms. The SMILES string of the molecule is CC(C)(C)OC(=O)NC1CCCC(CO)=C1CO. The number of hydrogen-bond acceptors (Lipinski definition) is 4. The molecule has 18 heavy (non-hydrogen) atoms. The molecule has 104 valence electrons. The third-order valence-electron chi connectivity index (χ3n) is 2.90. The highest BCUT2D eigenvalue weighted by molar-refractivity contribution is 5.68. The van der Waals surface area contributed by atoms with E-state index in [-0.39, 0.29) is 19.3 Å². The fourth-order valence-electron chi connectivity index (χ4n) is 2.11. The van der Waals surface area contributed by atoms with Crippen molar-refractivity contribution < 1.29 is 19.7 Å². The van der Waals surface area contributed by atoms with E-state index in [4.69, 9.17) is 4.74 Å². The Labute approximate surface area is 108 Å². The minimum atomic E-state index is -0.540. The van der Waals surface area contributed by atoms with Gasteiger partial charge in [0.25, 0.3) is 0 Å². The van der Waals surface area contributed by atoms with Gasteiger partial charge >= 0.3 is 6.09 Å². The summed E-state index contributed by atoms with van der Waals surface area (Å²) in [6.07, 6.45) is 1.94. The number of nitrogens with one attached hydrogen (secondary N) is 1. The van der Waals surface area contributed by atoms with E-state index in [2.05, 4.69) is 5.32 Å². The number of alkyl carbamates (subject to hydrolysis) is 1. The van der Waals surface area contributed by atoms with Crippen molar-refractivity contribution in [2.24, 2.45) is 0 Å². The van der Waals surface area contributed by atoms with Crippen LogP contribution in [0.3, 0.4) is 0 Å². The van der Waals surface area contributed by atoms with Gasteiger partial charge in [0.05, 0.1) is 19.3 Å². The van der Waals surface area contributed by atoms with Gasteiger partial charge in [0.15, 0.2) is 0 Å². The first-order valence-electron chi connectivity index (χ1n) is 6.29. The molecule has 0 aromatic heterocycles. The summed E-state index contributed by atoms with van der Waals surface area (Å²) < 4.78 is 5.19. The summed E-state index contributed by atoms with van der Waals surface area (Å²) >= 11 is 0. The lowest BCUT2D eigenvalue weighted by molar-refractivity contribution is 0.0505. The Morgan fingerprint density at radius 3 is 2.56 bits per heavy atom.